The van der Waals surface area contributed by atoms with Gasteiger partial charge < -0.3 is 10.3 Å². The van der Waals surface area contributed by atoms with E-state index in [4.69, 9.17) is 10.7 Å². The summed E-state index contributed by atoms with van der Waals surface area (Å²) in [7, 11) is 0. The van der Waals surface area contributed by atoms with Crippen molar-refractivity contribution >= 4 is 23.4 Å². The number of amides is 1. The normalized spacial score (nSPS) is 11.2. The van der Waals surface area contributed by atoms with Crippen LogP contribution < -0.4 is 5.73 Å². The molecule has 1 amide bonds. The van der Waals surface area contributed by atoms with Gasteiger partial charge in [0, 0.05) is 35.1 Å². The molecule has 7 nitrogen and oxygen atoms in total. The molecule has 0 radical (unpaired) electrons. The van der Waals surface area contributed by atoms with Crippen LogP contribution in [0.1, 0.15) is 17.1 Å². The Balaban J connectivity index is 1.61. The van der Waals surface area contributed by atoms with Crippen LogP contribution in [0, 0.1) is 13.8 Å². The van der Waals surface area contributed by atoms with Crippen molar-refractivity contribution in [2.75, 3.05) is 0 Å². The summed E-state index contributed by atoms with van der Waals surface area (Å²) in [4.78, 5) is 25.3. The minimum Gasteiger partial charge on any atom is -0.368 e. The summed E-state index contributed by atoms with van der Waals surface area (Å²) >= 11 is 1.52. The predicted molar refractivity (Wildman–Crippen MR) is 109 cm³/mol. The first-order valence-electron chi connectivity index (χ1n) is 8.85. The summed E-state index contributed by atoms with van der Waals surface area (Å²) in [5.74, 6) is 0.909. The van der Waals surface area contributed by atoms with Crippen LogP contribution in [-0.2, 0) is 17.1 Å². The first-order chi connectivity index (χ1) is 13.5. The average molecular weight is 392 g/mol. The number of rotatable bonds is 6. The highest BCUT2D eigenvalue weighted by Gasteiger charge is 2.13. The van der Waals surface area contributed by atoms with Gasteiger partial charge in [-0.2, -0.15) is 0 Å². The van der Waals surface area contributed by atoms with Crippen molar-refractivity contribution < 1.29 is 4.79 Å². The van der Waals surface area contributed by atoms with E-state index in [1.807, 2.05) is 67.0 Å². The smallest absolute Gasteiger partial charge is 0.237 e. The molecule has 0 bridgehead atoms. The lowest BCUT2D eigenvalue weighted by molar-refractivity contribution is -0.118. The Labute approximate surface area is 166 Å². The van der Waals surface area contributed by atoms with Crippen LogP contribution in [0.3, 0.4) is 0 Å². The number of imidazole rings is 2. The fourth-order valence-electron chi connectivity index (χ4n) is 3.07. The molecule has 0 aliphatic heterocycles. The van der Waals surface area contributed by atoms with Gasteiger partial charge in [-0.25, -0.2) is 15.0 Å². The van der Waals surface area contributed by atoms with E-state index in [1.165, 1.54) is 11.8 Å². The number of carbonyl (C=O) groups is 1. The number of carbonyl (C=O) groups excluding carboxylic acids is 1. The lowest BCUT2D eigenvalue weighted by Gasteiger charge is -2.03. The van der Waals surface area contributed by atoms with Crippen molar-refractivity contribution in [2.45, 2.75) is 31.3 Å². The number of aromatic nitrogens is 5. The summed E-state index contributed by atoms with van der Waals surface area (Å²) in [6.45, 7) is 4.08. The molecule has 0 spiro atoms. The number of nitrogens with zero attached hydrogens (tertiary/aromatic N) is 5. The number of thioether (sulfide) groups is 1. The molecule has 3 aromatic heterocycles. The largest absolute Gasteiger partial charge is 0.368 e. The third kappa shape index (κ3) is 3.77. The molecule has 0 unspecified atom stereocenters. The van der Waals surface area contributed by atoms with Crippen LogP contribution >= 0.6 is 11.8 Å². The second-order valence-corrected chi connectivity index (χ2v) is 7.54. The van der Waals surface area contributed by atoms with E-state index in [1.54, 1.807) is 4.57 Å². The van der Waals surface area contributed by atoms with Gasteiger partial charge in [0.25, 0.3) is 0 Å². The molecule has 0 fully saturated rings. The minimum absolute atomic E-state index is 0.0905. The zero-order valence-corrected chi connectivity index (χ0v) is 16.5. The number of aryl methyl sites for hydroxylation is 2. The van der Waals surface area contributed by atoms with Gasteiger partial charge >= 0.3 is 0 Å². The van der Waals surface area contributed by atoms with E-state index in [2.05, 4.69) is 9.97 Å². The third-order valence-corrected chi connectivity index (χ3v) is 5.32. The average Bonchev–Trinajstić information content (AvgIpc) is 3.24. The Hall–Kier alpha value is -3.13. The molecule has 4 aromatic rings. The topological polar surface area (TPSA) is 91.1 Å². The number of primary amides is 1. The van der Waals surface area contributed by atoms with Crippen molar-refractivity contribution in [3.05, 3.63) is 65.9 Å². The maximum absolute atomic E-state index is 11.5. The molecule has 0 saturated carbocycles. The van der Waals surface area contributed by atoms with Gasteiger partial charge in [-0.15, -0.1) is 0 Å². The highest BCUT2D eigenvalue weighted by atomic mass is 32.2. The van der Waals surface area contributed by atoms with Gasteiger partial charge in [-0.05, 0) is 19.9 Å². The quantitative estimate of drug-likeness (QED) is 0.509. The molecule has 28 heavy (non-hydrogen) atoms. The zero-order chi connectivity index (χ0) is 19.7. The summed E-state index contributed by atoms with van der Waals surface area (Å²) in [6.07, 6.45) is 3.85. The van der Waals surface area contributed by atoms with E-state index >= 15 is 0 Å². The fourth-order valence-corrected chi connectivity index (χ4v) is 3.93. The number of hydrogen-bond donors (Lipinski definition) is 1. The van der Waals surface area contributed by atoms with Crippen molar-refractivity contribution in [3.63, 3.8) is 0 Å². The summed E-state index contributed by atoms with van der Waals surface area (Å²) in [5, 5.41) is 0.732. The Morgan fingerprint density at radius 2 is 1.89 bits per heavy atom. The van der Waals surface area contributed by atoms with Crippen LogP contribution in [0.25, 0.3) is 17.0 Å². The van der Waals surface area contributed by atoms with Gasteiger partial charge in [0.15, 0.2) is 5.16 Å². The number of benzene rings is 1. The van der Waals surface area contributed by atoms with E-state index in [9.17, 15) is 4.79 Å². The molecule has 0 atom stereocenters. The lowest BCUT2D eigenvalue weighted by Crippen LogP contribution is -2.18. The molecule has 0 aliphatic rings. The zero-order valence-electron chi connectivity index (χ0n) is 15.7. The standard InChI is InChI=1S/C20H20N6OS/c1-13-8-14(2)26-9-16(23-19(26)22-13)12-28-20-24-17(10-25(20)11-18(21)27)15-6-4-3-5-7-15/h3-10H,11-12H2,1-2H3,(H2,21,27). The van der Waals surface area contributed by atoms with Gasteiger partial charge in [0.1, 0.15) is 6.54 Å². The molecule has 3 heterocycles. The first-order valence-corrected chi connectivity index (χ1v) is 9.84. The van der Waals surface area contributed by atoms with Crippen molar-refractivity contribution in [2.24, 2.45) is 5.73 Å². The third-order valence-electron chi connectivity index (χ3n) is 4.30. The van der Waals surface area contributed by atoms with E-state index in [0.717, 1.165) is 33.5 Å². The maximum Gasteiger partial charge on any atom is 0.237 e. The molecule has 0 saturated heterocycles. The summed E-state index contributed by atoms with van der Waals surface area (Å²) in [5.41, 5.74) is 10.2. The minimum atomic E-state index is -0.401. The Morgan fingerprint density at radius 1 is 1.11 bits per heavy atom. The van der Waals surface area contributed by atoms with Crippen molar-refractivity contribution in [1.29, 1.82) is 0 Å². The second-order valence-electron chi connectivity index (χ2n) is 6.60. The van der Waals surface area contributed by atoms with Crippen LogP contribution in [0.5, 0.6) is 0 Å². The molecule has 142 valence electrons. The SMILES string of the molecule is Cc1cc(C)n2cc(CSc3nc(-c4ccccc4)cn3CC(N)=O)nc2n1. The van der Waals surface area contributed by atoms with Crippen molar-refractivity contribution in [1.82, 2.24) is 23.9 Å². The summed E-state index contributed by atoms with van der Waals surface area (Å²) < 4.78 is 3.77. The van der Waals surface area contributed by atoms with Gasteiger partial charge in [-0.1, -0.05) is 42.1 Å². The second kappa shape index (κ2) is 7.47. The summed E-state index contributed by atoms with van der Waals surface area (Å²) in [6, 6.07) is 11.9. The molecule has 2 N–H and O–H groups in total. The molecule has 0 aliphatic carbocycles. The van der Waals surface area contributed by atoms with E-state index < -0.39 is 5.91 Å². The van der Waals surface area contributed by atoms with Gasteiger partial charge in [0.05, 0.1) is 11.4 Å². The van der Waals surface area contributed by atoms with E-state index in [0.29, 0.717) is 11.5 Å². The van der Waals surface area contributed by atoms with Crippen LogP contribution in [0.4, 0.5) is 0 Å². The molecular weight excluding hydrogens is 372 g/mol. The molecule has 4 rings (SSSR count). The Morgan fingerprint density at radius 3 is 2.64 bits per heavy atom. The maximum atomic E-state index is 11.5. The number of hydrogen-bond acceptors (Lipinski definition) is 5. The number of fused-ring (bicyclic) bond motifs is 1. The predicted octanol–water partition coefficient (Wildman–Crippen LogP) is 2.99. The van der Waals surface area contributed by atoms with Crippen LogP contribution in [0.15, 0.2) is 53.9 Å². The van der Waals surface area contributed by atoms with Crippen LogP contribution in [0.2, 0.25) is 0 Å². The first kappa shape index (κ1) is 18.2. The molecule has 1 aromatic carbocycles. The fraction of sp³-hybridized carbons (Fsp3) is 0.200. The highest BCUT2D eigenvalue weighted by molar-refractivity contribution is 7.98. The monoisotopic (exact) mass is 392 g/mol. The van der Waals surface area contributed by atoms with Crippen LogP contribution in [-0.4, -0.2) is 29.8 Å². The molecule has 8 heteroatoms. The lowest BCUT2D eigenvalue weighted by atomic mass is 10.2. The number of nitrogens with two attached hydrogens (primary N) is 1. The van der Waals surface area contributed by atoms with Gasteiger partial charge in [-0.3, -0.25) is 9.20 Å². The van der Waals surface area contributed by atoms with Gasteiger partial charge in [0.2, 0.25) is 11.7 Å². The Kier molecular flexibility index (Phi) is 4.87. The Bertz CT molecular complexity index is 1150. The highest BCUT2D eigenvalue weighted by Crippen LogP contribution is 2.26. The van der Waals surface area contributed by atoms with E-state index in [-0.39, 0.29) is 6.54 Å². The molecular formula is C20H20N6OS. The van der Waals surface area contributed by atoms with Crippen molar-refractivity contribution in [3.8, 4) is 11.3 Å².